The lowest BCUT2D eigenvalue weighted by Gasteiger charge is -2.14. The average Bonchev–Trinajstić information content (AvgIpc) is 1.98. The molecule has 0 bridgehead atoms. The lowest BCUT2D eigenvalue weighted by molar-refractivity contribution is 0.186. The second-order valence-corrected chi connectivity index (χ2v) is 4.95. The van der Waals surface area contributed by atoms with Crippen molar-refractivity contribution in [1.82, 2.24) is 0 Å². The fraction of sp³-hybridized carbons (Fsp3) is 1.00. The first-order valence-corrected chi connectivity index (χ1v) is 6.69. The van der Waals surface area contributed by atoms with Crippen LogP contribution in [-0.2, 0) is 14.3 Å². The van der Waals surface area contributed by atoms with E-state index in [1.165, 1.54) is 0 Å². The van der Waals surface area contributed by atoms with Gasteiger partial charge in [0.25, 0.3) is 10.1 Å². The maximum atomic E-state index is 10.9. The van der Waals surface area contributed by atoms with Crippen molar-refractivity contribution in [1.29, 1.82) is 0 Å². The molecule has 13 heavy (non-hydrogen) atoms. The summed E-state index contributed by atoms with van der Waals surface area (Å²) in [4.78, 5) is 0. The first-order valence-electron chi connectivity index (χ1n) is 4.87. The Balaban J connectivity index is 3.94. The summed E-state index contributed by atoms with van der Waals surface area (Å²) >= 11 is 0. The van der Waals surface area contributed by atoms with Crippen LogP contribution in [0.1, 0.15) is 46.0 Å². The first-order chi connectivity index (χ1) is 5.99. The van der Waals surface area contributed by atoms with Crippen molar-refractivity contribution in [2.24, 2.45) is 0 Å². The van der Waals surface area contributed by atoms with Gasteiger partial charge in [-0.1, -0.05) is 33.1 Å². The molecule has 4 heteroatoms. The Labute approximate surface area is 81.6 Å². The number of unbranched alkanes of at least 4 members (excludes halogenated alkanes) is 1. The highest BCUT2D eigenvalue weighted by Crippen LogP contribution is 2.12. The van der Waals surface area contributed by atoms with Gasteiger partial charge >= 0.3 is 0 Å². The molecule has 0 spiro atoms. The molecule has 0 aromatic heterocycles. The van der Waals surface area contributed by atoms with Crippen LogP contribution in [0.15, 0.2) is 0 Å². The second-order valence-electron chi connectivity index (χ2n) is 3.35. The van der Waals surface area contributed by atoms with E-state index in [-0.39, 0.29) is 6.10 Å². The first kappa shape index (κ1) is 12.9. The van der Waals surface area contributed by atoms with E-state index in [1.807, 2.05) is 6.92 Å². The molecule has 0 aliphatic heterocycles. The van der Waals surface area contributed by atoms with Crippen molar-refractivity contribution in [3.8, 4) is 0 Å². The fourth-order valence-electron chi connectivity index (χ4n) is 1.24. The maximum Gasteiger partial charge on any atom is 0.264 e. The van der Waals surface area contributed by atoms with Crippen molar-refractivity contribution in [2.45, 2.75) is 52.1 Å². The van der Waals surface area contributed by atoms with Gasteiger partial charge < -0.3 is 0 Å². The van der Waals surface area contributed by atoms with Gasteiger partial charge in [-0.2, -0.15) is 8.42 Å². The summed E-state index contributed by atoms with van der Waals surface area (Å²) in [5, 5.41) is 0. The van der Waals surface area contributed by atoms with Gasteiger partial charge in [0.1, 0.15) is 0 Å². The molecule has 0 heterocycles. The van der Waals surface area contributed by atoms with Gasteiger partial charge in [-0.05, 0) is 12.8 Å². The van der Waals surface area contributed by atoms with Gasteiger partial charge in [0.2, 0.25) is 0 Å². The summed E-state index contributed by atoms with van der Waals surface area (Å²) in [5.41, 5.74) is 0. The maximum absolute atomic E-state index is 10.9. The van der Waals surface area contributed by atoms with Crippen molar-refractivity contribution < 1.29 is 12.6 Å². The molecule has 1 atom stereocenters. The van der Waals surface area contributed by atoms with Crippen molar-refractivity contribution in [3.63, 3.8) is 0 Å². The number of rotatable bonds is 7. The Hall–Kier alpha value is -0.0900. The number of hydrogen-bond acceptors (Lipinski definition) is 3. The molecule has 0 N–H and O–H groups in total. The summed E-state index contributed by atoms with van der Waals surface area (Å²) in [6.45, 7) is 4.12. The Morgan fingerprint density at radius 2 is 1.77 bits per heavy atom. The van der Waals surface area contributed by atoms with Gasteiger partial charge in [-0.15, -0.1) is 0 Å². The third-order valence-corrected chi connectivity index (χ3v) is 2.42. The monoisotopic (exact) mass is 208 g/mol. The van der Waals surface area contributed by atoms with Crippen LogP contribution >= 0.6 is 0 Å². The van der Waals surface area contributed by atoms with E-state index < -0.39 is 10.1 Å². The van der Waals surface area contributed by atoms with Crippen LogP contribution in [0.3, 0.4) is 0 Å². The van der Waals surface area contributed by atoms with Gasteiger partial charge in [-0.25, -0.2) is 0 Å². The predicted molar refractivity (Wildman–Crippen MR) is 54.1 cm³/mol. The Kier molecular flexibility index (Phi) is 6.33. The molecule has 0 fully saturated rings. The lowest BCUT2D eigenvalue weighted by atomic mass is 10.1. The third-order valence-electron chi connectivity index (χ3n) is 1.80. The molecule has 1 unspecified atom stereocenters. The molecule has 0 aromatic rings. The van der Waals surface area contributed by atoms with E-state index in [1.54, 1.807) is 0 Å². The second kappa shape index (κ2) is 6.38. The summed E-state index contributed by atoms with van der Waals surface area (Å²) < 4.78 is 26.7. The Bertz CT molecular complexity index is 209. The zero-order valence-electron chi connectivity index (χ0n) is 8.75. The Morgan fingerprint density at radius 3 is 2.15 bits per heavy atom. The predicted octanol–water partition coefficient (Wildman–Crippen LogP) is 2.32. The largest absolute Gasteiger partial charge is 0.267 e. The summed E-state index contributed by atoms with van der Waals surface area (Å²) in [7, 11) is -3.28. The molecular formula is C9H20O3S. The quantitative estimate of drug-likeness (QED) is 0.603. The van der Waals surface area contributed by atoms with Gasteiger partial charge in [0, 0.05) is 0 Å². The molecule has 0 aromatic carbocycles. The van der Waals surface area contributed by atoms with E-state index in [9.17, 15) is 8.42 Å². The molecular weight excluding hydrogens is 188 g/mol. The van der Waals surface area contributed by atoms with Crippen molar-refractivity contribution in [3.05, 3.63) is 0 Å². The topological polar surface area (TPSA) is 43.4 Å². The zero-order valence-corrected chi connectivity index (χ0v) is 9.56. The van der Waals surface area contributed by atoms with Crippen LogP contribution in [0.5, 0.6) is 0 Å². The van der Waals surface area contributed by atoms with E-state index >= 15 is 0 Å². The van der Waals surface area contributed by atoms with Crippen LogP contribution in [0.4, 0.5) is 0 Å². The van der Waals surface area contributed by atoms with Crippen LogP contribution < -0.4 is 0 Å². The Morgan fingerprint density at radius 1 is 1.15 bits per heavy atom. The molecule has 0 radical (unpaired) electrons. The molecule has 0 rings (SSSR count). The average molecular weight is 208 g/mol. The lowest BCUT2D eigenvalue weighted by Crippen LogP contribution is -2.17. The fourth-order valence-corrected chi connectivity index (χ4v) is 1.93. The molecule has 0 saturated heterocycles. The van der Waals surface area contributed by atoms with Gasteiger partial charge in [0.05, 0.1) is 12.4 Å². The van der Waals surface area contributed by atoms with E-state index in [0.29, 0.717) is 0 Å². The normalized spacial score (nSPS) is 14.4. The van der Waals surface area contributed by atoms with Crippen LogP contribution in [0, 0.1) is 0 Å². The van der Waals surface area contributed by atoms with Gasteiger partial charge in [0.15, 0.2) is 0 Å². The van der Waals surface area contributed by atoms with Crippen LogP contribution in [0.2, 0.25) is 0 Å². The summed E-state index contributed by atoms with van der Waals surface area (Å²) in [6.07, 6.45) is 5.74. The highest BCUT2D eigenvalue weighted by Gasteiger charge is 2.13. The minimum absolute atomic E-state index is 0.111. The molecule has 0 saturated carbocycles. The van der Waals surface area contributed by atoms with E-state index in [0.717, 1.165) is 38.4 Å². The highest BCUT2D eigenvalue weighted by atomic mass is 32.2. The van der Waals surface area contributed by atoms with E-state index in [4.69, 9.17) is 4.18 Å². The third kappa shape index (κ3) is 8.25. The molecule has 0 aliphatic carbocycles. The van der Waals surface area contributed by atoms with Gasteiger partial charge in [-0.3, -0.25) is 4.18 Å². The standard InChI is InChI=1S/C9H20O3S/c1-4-6-8-9(7-5-2)12-13(3,10)11/h9H,4-8H2,1-3H3. The molecule has 3 nitrogen and oxygen atoms in total. The molecule has 80 valence electrons. The minimum Gasteiger partial charge on any atom is -0.267 e. The molecule has 0 aliphatic rings. The summed E-state index contributed by atoms with van der Waals surface area (Å²) in [5.74, 6) is 0. The highest BCUT2D eigenvalue weighted by molar-refractivity contribution is 7.86. The van der Waals surface area contributed by atoms with Crippen molar-refractivity contribution >= 4 is 10.1 Å². The van der Waals surface area contributed by atoms with Crippen LogP contribution in [-0.4, -0.2) is 20.8 Å². The molecule has 0 amide bonds. The number of hydrogen-bond donors (Lipinski definition) is 0. The smallest absolute Gasteiger partial charge is 0.264 e. The SMILES string of the molecule is CCCCC(CCC)OS(C)(=O)=O. The zero-order chi connectivity index (χ0) is 10.3. The van der Waals surface area contributed by atoms with Crippen LogP contribution in [0.25, 0.3) is 0 Å². The van der Waals surface area contributed by atoms with E-state index in [2.05, 4.69) is 6.92 Å². The van der Waals surface area contributed by atoms with Crippen molar-refractivity contribution in [2.75, 3.05) is 6.26 Å². The summed E-state index contributed by atoms with van der Waals surface area (Å²) in [6, 6.07) is 0. The minimum atomic E-state index is -3.28.